The van der Waals surface area contributed by atoms with Gasteiger partial charge in [0.1, 0.15) is 11.5 Å². The highest BCUT2D eigenvalue weighted by Gasteiger charge is 2.15. The van der Waals surface area contributed by atoms with E-state index in [0.29, 0.717) is 0 Å². The molecule has 0 atom stereocenters. The van der Waals surface area contributed by atoms with Crippen LogP contribution in [0.15, 0.2) is 42.7 Å². The van der Waals surface area contributed by atoms with Gasteiger partial charge in [-0.3, -0.25) is 4.40 Å². The van der Waals surface area contributed by atoms with Crippen LogP contribution in [-0.2, 0) is 0 Å². The van der Waals surface area contributed by atoms with Crippen molar-refractivity contribution >= 4 is 11.5 Å². The molecule has 1 aliphatic heterocycles. The fourth-order valence-corrected chi connectivity index (χ4v) is 3.09. The molecule has 22 heavy (non-hydrogen) atoms. The average molecular weight is 293 g/mol. The maximum Gasteiger partial charge on any atom is 0.137 e. The standard InChI is InChI=1S/C17H19N5/c1-13-17(22-9-3-2-4-15(22)20-13)14-5-6-19-16(12-14)21-10-7-18-8-11-21/h2-6,9,12,18H,7-8,10-11H2,1H3. The van der Waals surface area contributed by atoms with Gasteiger partial charge in [0, 0.05) is 44.1 Å². The largest absolute Gasteiger partial charge is 0.354 e. The van der Waals surface area contributed by atoms with Crippen LogP contribution in [0.25, 0.3) is 16.9 Å². The zero-order valence-electron chi connectivity index (χ0n) is 12.7. The number of imidazole rings is 1. The van der Waals surface area contributed by atoms with Gasteiger partial charge in [-0.25, -0.2) is 9.97 Å². The van der Waals surface area contributed by atoms with E-state index >= 15 is 0 Å². The molecule has 0 aromatic carbocycles. The topological polar surface area (TPSA) is 45.5 Å². The van der Waals surface area contributed by atoms with E-state index in [4.69, 9.17) is 0 Å². The number of hydrogen-bond acceptors (Lipinski definition) is 4. The number of aryl methyl sites for hydroxylation is 1. The highest BCUT2D eigenvalue weighted by Crippen LogP contribution is 2.27. The maximum absolute atomic E-state index is 4.65. The van der Waals surface area contributed by atoms with Crippen molar-refractivity contribution in [2.24, 2.45) is 0 Å². The van der Waals surface area contributed by atoms with Gasteiger partial charge in [0.25, 0.3) is 0 Å². The van der Waals surface area contributed by atoms with Crippen LogP contribution in [0.4, 0.5) is 5.82 Å². The predicted molar refractivity (Wildman–Crippen MR) is 88.2 cm³/mol. The Kier molecular flexibility index (Phi) is 3.27. The first-order valence-corrected chi connectivity index (χ1v) is 7.69. The molecule has 5 nitrogen and oxygen atoms in total. The SMILES string of the molecule is Cc1nc2ccccn2c1-c1ccnc(N2CCNCC2)c1. The summed E-state index contributed by atoms with van der Waals surface area (Å²) in [5, 5.41) is 3.38. The van der Waals surface area contributed by atoms with Gasteiger partial charge in [-0.15, -0.1) is 0 Å². The molecule has 4 rings (SSSR count). The van der Waals surface area contributed by atoms with Gasteiger partial charge in [0.2, 0.25) is 0 Å². The number of rotatable bonds is 2. The molecule has 1 saturated heterocycles. The normalized spacial score (nSPS) is 15.4. The van der Waals surface area contributed by atoms with Crippen molar-refractivity contribution in [1.29, 1.82) is 0 Å². The average Bonchev–Trinajstić information content (AvgIpc) is 2.91. The summed E-state index contributed by atoms with van der Waals surface area (Å²) in [5.74, 6) is 1.05. The summed E-state index contributed by atoms with van der Waals surface area (Å²) >= 11 is 0. The number of hydrogen-bond donors (Lipinski definition) is 1. The van der Waals surface area contributed by atoms with Crippen LogP contribution >= 0.6 is 0 Å². The van der Waals surface area contributed by atoms with Crippen molar-refractivity contribution in [2.45, 2.75) is 6.92 Å². The van der Waals surface area contributed by atoms with Crippen molar-refractivity contribution in [1.82, 2.24) is 19.7 Å². The van der Waals surface area contributed by atoms with Crippen LogP contribution in [0.3, 0.4) is 0 Å². The van der Waals surface area contributed by atoms with Crippen molar-refractivity contribution in [3.05, 3.63) is 48.4 Å². The molecule has 0 unspecified atom stereocenters. The summed E-state index contributed by atoms with van der Waals surface area (Å²) < 4.78 is 2.15. The van der Waals surface area contributed by atoms with Gasteiger partial charge in [0.05, 0.1) is 11.4 Å². The van der Waals surface area contributed by atoms with Crippen molar-refractivity contribution in [2.75, 3.05) is 31.1 Å². The first kappa shape index (κ1) is 13.3. The van der Waals surface area contributed by atoms with Crippen molar-refractivity contribution in [3.63, 3.8) is 0 Å². The quantitative estimate of drug-likeness (QED) is 0.786. The maximum atomic E-state index is 4.65. The Morgan fingerprint density at radius 3 is 2.86 bits per heavy atom. The fraction of sp³-hybridized carbons (Fsp3) is 0.294. The lowest BCUT2D eigenvalue weighted by molar-refractivity contribution is 0.585. The minimum atomic E-state index is 0.982. The van der Waals surface area contributed by atoms with Gasteiger partial charge in [-0.05, 0) is 31.2 Å². The molecule has 0 amide bonds. The second kappa shape index (κ2) is 5.42. The molecule has 4 heterocycles. The van der Waals surface area contributed by atoms with Crippen LogP contribution in [0.5, 0.6) is 0 Å². The summed E-state index contributed by atoms with van der Waals surface area (Å²) in [6.07, 6.45) is 3.96. The third-order valence-electron chi connectivity index (χ3n) is 4.16. The van der Waals surface area contributed by atoms with E-state index < -0.39 is 0 Å². The van der Waals surface area contributed by atoms with Gasteiger partial charge in [-0.2, -0.15) is 0 Å². The first-order valence-electron chi connectivity index (χ1n) is 7.69. The number of piperazine rings is 1. The number of fused-ring (bicyclic) bond motifs is 1. The molecule has 0 spiro atoms. The van der Waals surface area contributed by atoms with Gasteiger partial charge in [-0.1, -0.05) is 6.07 Å². The van der Waals surface area contributed by atoms with Crippen LogP contribution in [0.1, 0.15) is 5.69 Å². The Labute approximate surface area is 129 Å². The number of anilines is 1. The predicted octanol–water partition coefficient (Wildman–Crippen LogP) is 2.11. The molecule has 112 valence electrons. The summed E-state index contributed by atoms with van der Waals surface area (Å²) in [6, 6.07) is 10.3. The highest BCUT2D eigenvalue weighted by atomic mass is 15.2. The Hall–Kier alpha value is -2.40. The lowest BCUT2D eigenvalue weighted by Crippen LogP contribution is -2.43. The molecule has 5 heteroatoms. The number of aromatic nitrogens is 3. The second-order valence-corrected chi connectivity index (χ2v) is 5.61. The van der Waals surface area contributed by atoms with E-state index in [1.54, 1.807) is 0 Å². The van der Waals surface area contributed by atoms with Gasteiger partial charge < -0.3 is 10.2 Å². The van der Waals surface area contributed by atoms with Crippen LogP contribution in [0.2, 0.25) is 0 Å². The highest BCUT2D eigenvalue weighted by molar-refractivity contribution is 5.69. The zero-order chi connectivity index (χ0) is 14.9. The Bertz CT molecular complexity index is 802. The molecular weight excluding hydrogens is 274 g/mol. The zero-order valence-corrected chi connectivity index (χ0v) is 12.7. The third-order valence-corrected chi connectivity index (χ3v) is 4.16. The van der Waals surface area contributed by atoms with E-state index in [2.05, 4.69) is 49.8 Å². The van der Waals surface area contributed by atoms with E-state index in [1.807, 2.05) is 24.4 Å². The minimum Gasteiger partial charge on any atom is -0.354 e. The summed E-state index contributed by atoms with van der Waals surface area (Å²) in [4.78, 5) is 11.5. The van der Waals surface area contributed by atoms with E-state index in [0.717, 1.165) is 49.0 Å². The molecule has 1 N–H and O–H groups in total. The van der Waals surface area contributed by atoms with Gasteiger partial charge >= 0.3 is 0 Å². The minimum absolute atomic E-state index is 0.982. The van der Waals surface area contributed by atoms with E-state index in [-0.39, 0.29) is 0 Å². The number of pyridine rings is 2. The Morgan fingerprint density at radius 2 is 2.00 bits per heavy atom. The Morgan fingerprint density at radius 1 is 1.14 bits per heavy atom. The van der Waals surface area contributed by atoms with Gasteiger partial charge in [0.15, 0.2) is 0 Å². The van der Waals surface area contributed by atoms with Crippen LogP contribution < -0.4 is 10.2 Å². The third kappa shape index (κ3) is 2.23. The summed E-state index contributed by atoms with van der Waals surface area (Å²) in [7, 11) is 0. The lowest BCUT2D eigenvalue weighted by atomic mass is 10.1. The Balaban J connectivity index is 1.80. The molecule has 1 aliphatic rings. The molecule has 1 fully saturated rings. The van der Waals surface area contributed by atoms with E-state index in [1.165, 1.54) is 5.56 Å². The second-order valence-electron chi connectivity index (χ2n) is 5.61. The molecule has 3 aromatic rings. The first-order chi connectivity index (χ1) is 10.8. The molecule has 3 aromatic heterocycles. The molecule has 0 aliphatic carbocycles. The molecule has 0 radical (unpaired) electrons. The molecule has 0 bridgehead atoms. The van der Waals surface area contributed by atoms with Crippen molar-refractivity contribution in [3.8, 4) is 11.3 Å². The van der Waals surface area contributed by atoms with E-state index in [9.17, 15) is 0 Å². The van der Waals surface area contributed by atoms with Crippen LogP contribution in [-0.4, -0.2) is 40.5 Å². The number of nitrogens with one attached hydrogen (secondary N) is 1. The lowest BCUT2D eigenvalue weighted by Gasteiger charge is -2.28. The monoisotopic (exact) mass is 293 g/mol. The summed E-state index contributed by atoms with van der Waals surface area (Å²) in [5.41, 5.74) is 4.34. The summed E-state index contributed by atoms with van der Waals surface area (Å²) in [6.45, 7) is 6.10. The van der Waals surface area contributed by atoms with Crippen molar-refractivity contribution < 1.29 is 0 Å². The molecular formula is C17H19N5. The number of nitrogens with zero attached hydrogens (tertiary/aromatic N) is 4. The fourth-order valence-electron chi connectivity index (χ4n) is 3.09. The van der Waals surface area contributed by atoms with Crippen LogP contribution in [0, 0.1) is 6.92 Å². The molecule has 0 saturated carbocycles. The smallest absolute Gasteiger partial charge is 0.137 e.